The first-order chi connectivity index (χ1) is 7.09. The molecule has 0 amide bonds. The second-order valence-electron chi connectivity index (χ2n) is 5.05. The second-order valence-corrected chi connectivity index (χ2v) is 7.03. The summed E-state index contributed by atoms with van der Waals surface area (Å²) < 4.78 is 23.3. The molecular weight excluding hydrogens is 222 g/mol. The van der Waals surface area contributed by atoms with E-state index in [1.165, 1.54) is 6.26 Å². The molecule has 1 rings (SSSR count). The highest BCUT2D eigenvalue weighted by atomic mass is 32.2. The van der Waals surface area contributed by atoms with Crippen molar-refractivity contribution in [2.45, 2.75) is 37.6 Å². The van der Waals surface area contributed by atoms with Crippen LogP contribution in [0.1, 0.15) is 25.0 Å². The third kappa shape index (κ3) is 3.61. The highest BCUT2D eigenvalue weighted by Crippen LogP contribution is 2.21. The van der Waals surface area contributed by atoms with Crippen molar-refractivity contribution in [3.05, 3.63) is 29.3 Å². The van der Waals surface area contributed by atoms with E-state index < -0.39 is 15.4 Å². The molecule has 0 aliphatic heterocycles. The largest absolute Gasteiger partial charge is 0.325 e. The fraction of sp³-hybridized carbons (Fsp3) is 0.500. The number of benzene rings is 1. The van der Waals surface area contributed by atoms with E-state index in [2.05, 4.69) is 0 Å². The van der Waals surface area contributed by atoms with Gasteiger partial charge in [0.1, 0.15) is 0 Å². The van der Waals surface area contributed by atoms with Gasteiger partial charge in [-0.25, -0.2) is 8.42 Å². The maximum atomic E-state index is 11.7. The predicted molar refractivity (Wildman–Crippen MR) is 66.3 cm³/mol. The standard InChI is InChI=1S/C12H19NO2S/c1-9-5-6-10(8-12(2,3)13)11(7-9)16(4,14)15/h5-7H,8,13H2,1-4H3. The van der Waals surface area contributed by atoms with Crippen molar-refractivity contribution < 1.29 is 8.42 Å². The van der Waals surface area contributed by atoms with Crippen molar-refractivity contribution in [1.29, 1.82) is 0 Å². The van der Waals surface area contributed by atoms with Crippen LogP contribution in [0.25, 0.3) is 0 Å². The molecule has 1 aromatic carbocycles. The normalized spacial score (nSPS) is 12.8. The second kappa shape index (κ2) is 4.18. The molecule has 0 bridgehead atoms. The van der Waals surface area contributed by atoms with E-state index in [9.17, 15) is 8.42 Å². The summed E-state index contributed by atoms with van der Waals surface area (Å²) in [4.78, 5) is 0.394. The van der Waals surface area contributed by atoms with Gasteiger partial charge in [-0.3, -0.25) is 0 Å². The molecule has 4 heteroatoms. The lowest BCUT2D eigenvalue weighted by atomic mass is 9.96. The molecule has 0 fully saturated rings. The SMILES string of the molecule is Cc1ccc(CC(C)(C)N)c(S(C)(=O)=O)c1. The smallest absolute Gasteiger partial charge is 0.175 e. The Morgan fingerprint density at radius 3 is 2.31 bits per heavy atom. The minimum absolute atomic E-state index is 0.394. The molecule has 0 aliphatic carbocycles. The molecule has 2 N–H and O–H groups in total. The summed E-state index contributed by atoms with van der Waals surface area (Å²) in [5, 5.41) is 0. The van der Waals surface area contributed by atoms with Crippen LogP contribution in [0.15, 0.2) is 23.1 Å². The van der Waals surface area contributed by atoms with Crippen LogP contribution in [-0.2, 0) is 16.3 Å². The van der Waals surface area contributed by atoms with E-state index in [1.807, 2.05) is 32.9 Å². The van der Waals surface area contributed by atoms with E-state index in [4.69, 9.17) is 5.73 Å². The Morgan fingerprint density at radius 1 is 1.31 bits per heavy atom. The fourth-order valence-electron chi connectivity index (χ4n) is 1.64. The van der Waals surface area contributed by atoms with Crippen LogP contribution in [0.3, 0.4) is 0 Å². The molecule has 90 valence electrons. The Kier molecular flexibility index (Phi) is 3.45. The van der Waals surface area contributed by atoms with Crippen LogP contribution in [-0.4, -0.2) is 20.2 Å². The lowest BCUT2D eigenvalue weighted by Gasteiger charge is -2.20. The zero-order valence-corrected chi connectivity index (χ0v) is 11.1. The van der Waals surface area contributed by atoms with Crippen molar-refractivity contribution in [2.75, 3.05) is 6.26 Å². The first-order valence-corrected chi connectivity index (χ1v) is 7.07. The van der Waals surface area contributed by atoms with Crippen molar-refractivity contribution in [2.24, 2.45) is 5.73 Å². The van der Waals surface area contributed by atoms with Gasteiger partial charge in [0.15, 0.2) is 9.84 Å². The Labute approximate surface area is 97.6 Å². The molecule has 1 aromatic rings. The third-order valence-electron chi connectivity index (χ3n) is 2.27. The number of hydrogen-bond acceptors (Lipinski definition) is 3. The van der Waals surface area contributed by atoms with E-state index in [0.717, 1.165) is 11.1 Å². The summed E-state index contributed by atoms with van der Waals surface area (Å²) in [6.07, 6.45) is 1.78. The van der Waals surface area contributed by atoms with Crippen LogP contribution < -0.4 is 5.73 Å². The number of hydrogen-bond donors (Lipinski definition) is 1. The van der Waals surface area contributed by atoms with Crippen molar-refractivity contribution in [1.82, 2.24) is 0 Å². The van der Waals surface area contributed by atoms with Gasteiger partial charge < -0.3 is 5.73 Å². The average molecular weight is 241 g/mol. The molecule has 16 heavy (non-hydrogen) atoms. The topological polar surface area (TPSA) is 60.2 Å². The van der Waals surface area contributed by atoms with E-state index in [-0.39, 0.29) is 0 Å². The summed E-state index contributed by atoms with van der Waals surface area (Å²) in [6.45, 7) is 5.66. The summed E-state index contributed by atoms with van der Waals surface area (Å²) in [5.74, 6) is 0. The molecule has 0 saturated carbocycles. The van der Waals surface area contributed by atoms with Crippen LogP contribution in [0.2, 0.25) is 0 Å². The zero-order chi connectivity index (χ0) is 12.6. The van der Waals surface area contributed by atoms with Crippen molar-refractivity contribution >= 4 is 9.84 Å². The van der Waals surface area contributed by atoms with Gasteiger partial charge in [-0.2, -0.15) is 0 Å². The summed E-state index contributed by atoms with van der Waals surface area (Å²) in [6, 6.07) is 5.46. The van der Waals surface area contributed by atoms with Gasteiger partial charge in [0.05, 0.1) is 4.90 Å². The minimum atomic E-state index is -3.18. The lowest BCUT2D eigenvalue weighted by molar-refractivity contribution is 0.511. The monoisotopic (exact) mass is 241 g/mol. The van der Waals surface area contributed by atoms with Crippen LogP contribution in [0.4, 0.5) is 0 Å². The Balaban J connectivity index is 3.30. The number of aryl methyl sites for hydroxylation is 1. The van der Waals surface area contributed by atoms with Crippen molar-refractivity contribution in [3.63, 3.8) is 0 Å². The molecule has 0 aliphatic rings. The molecule has 0 aromatic heterocycles. The highest BCUT2D eigenvalue weighted by Gasteiger charge is 2.19. The third-order valence-corrected chi connectivity index (χ3v) is 3.45. The molecule has 3 nitrogen and oxygen atoms in total. The van der Waals surface area contributed by atoms with Gasteiger partial charge in [0.25, 0.3) is 0 Å². The van der Waals surface area contributed by atoms with Gasteiger partial charge in [0.2, 0.25) is 0 Å². The number of nitrogens with two attached hydrogens (primary N) is 1. The lowest BCUT2D eigenvalue weighted by Crippen LogP contribution is -2.34. The van der Waals surface area contributed by atoms with E-state index in [0.29, 0.717) is 11.3 Å². The van der Waals surface area contributed by atoms with Crippen molar-refractivity contribution in [3.8, 4) is 0 Å². The number of sulfone groups is 1. The van der Waals surface area contributed by atoms with Gasteiger partial charge >= 0.3 is 0 Å². The Hall–Kier alpha value is -0.870. The maximum Gasteiger partial charge on any atom is 0.175 e. The van der Waals surface area contributed by atoms with Gasteiger partial charge in [-0.15, -0.1) is 0 Å². The van der Waals surface area contributed by atoms with Crippen LogP contribution in [0, 0.1) is 6.92 Å². The van der Waals surface area contributed by atoms with E-state index >= 15 is 0 Å². The first-order valence-electron chi connectivity index (χ1n) is 5.18. The van der Waals surface area contributed by atoms with Gasteiger partial charge in [-0.05, 0) is 44.4 Å². The quantitative estimate of drug-likeness (QED) is 0.876. The predicted octanol–water partition coefficient (Wildman–Crippen LogP) is 1.68. The fourth-order valence-corrected chi connectivity index (χ4v) is 2.66. The molecule has 0 spiro atoms. The molecule has 0 radical (unpaired) electrons. The number of rotatable bonds is 3. The Morgan fingerprint density at radius 2 is 1.88 bits per heavy atom. The van der Waals surface area contributed by atoms with Crippen LogP contribution >= 0.6 is 0 Å². The maximum absolute atomic E-state index is 11.7. The molecular formula is C12H19NO2S. The first kappa shape index (κ1) is 13.2. The molecule has 0 heterocycles. The molecule has 0 atom stereocenters. The molecule has 0 unspecified atom stereocenters. The minimum Gasteiger partial charge on any atom is -0.325 e. The summed E-state index contributed by atoms with van der Waals surface area (Å²) in [7, 11) is -3.18. The highest BCUT2D eigenvalue weighted by molar-refractivity contribution is 7.90. The zero-order valence-electron chi connectivity index (χ0n) is 10.2. The Bertz CT molecular complexity index is 484. The molecule has 0 saturated heterocycles. The summed E-state index contributed by atoms with van der Waals surface area (Å²) in [5.41, 5.74) is 7.25. The van der Waals surface area contributed by atoms with Crippen LogP contribution in [0.5, 0.6) is 0 Å². The average Bonchev–Trinajstić information content (AvgIpc) is 2.04. The van der Waals surface area contributed by atoms with Gasteiger partial charge in [0, 0.05) is 11.8 Å². The van der Waals surface area contributed by atoms with E-state index in [1.54, 1.807) is 6.07 Å². The summed E-state index contributed by atoms with van der Waals surface area (Å²) >= 11 is 0. The van der Waals surface area contributed by atoms with Gasteiger partial charge in [-0.1, -0.05) is 12.1 Å².